The third-order valence-corrected chi connectivity index (χ3v) is 5.13. The Morgan fingerprint density at radius 2 is 2.10 bits per heavy atom. The van der Waals surface area contributed by atoms with Gasteiger partial charge in [0.05, 0.1) is 19.3 Å². The minimum absolute atomic E-state index is 0.0968. The maximum Gasteiger partial charge on any atom is 0.335 e. The third-order valence-electron chi connectivity index (χ3n) is 3.21. The van der Waals surface area contributed by atoms with Crippen LogP contribution in [0.25, 0.3) is 0 Å². The maximum absolute atomic E-state index is 12.7. The molecule has 1 heterocycles. The van der Waals surface area contributed by atoms with Gasteiger partial charge in [-0.15, -0.1) is 0 Å². The molecule has 1 saturated heterocycles. The summed E-state index contributed by atoms with van der Waals surface area (Å²) in [6.45, 7) is 1.41. The average Bonchev–Trinajstić information content (AvgIpc) is 2.76. The fraction of sp³-hybridized carbons (Fsp3) is 0.462. The van der Waals surface area contributed by atoms with E-state index in [-0.39, 0.29) is 22.8 Å². The summed E-state index contributed by atoms with van der Waals surface area (Å²) in [5, 5.41) is 9.02. The first kappa shape index (κ1) is 15.7. The molecule has 2 rings (SSSR count). The van der Waals surface area contributed by atoms with Crippen molar-refractivity contribution in [2.75, 3.05) is 33.4 Å². The first-order valence-corrected chi connectivity index (χ1v) is 7.90. The molecule has 0 aliphatic carbocycles. The van der Waals surface area contributed by atoms with Crippen LogP contribution >= 0.6 is 0 Å². The van der Waals surface area contributed by atoms with Gasteiger partial charge in [-0.05, 0) is 24.6 Å². The van der Waals surface area contributed by atoms with E-state index in [2.05, 4.69) is 0 Å². The van der Waals surface area contributed by atoms with E-state index in [1.807, 2.05) is 0 Å². The number of aromatic carboxylic acids is 1. The molecule has 0 aromatic heterocycles. The van der Waals surface area contributed by atoms with Gasteiger partial charge in [0.25, 0.3) is 0 Å². The molecule has 1 aliphatic rings. The van der Waals surface area contributed by atoms with E-state index < -0.39 is 16.0 Å². The highest BCUT2D eigenvalue weighted by Crippen LogP contribution is 2.28. The summed E-state index contributed by atoms with van der Waals surface area (Å²) >= 11 is 0. The lowest BCUT2D eigenvalue weighted by Crippen LogP contribution is -2.33. The number of ether oxygens (including phenoxy) is 2. The van der Waals surface area contributed by atoms with Crippen molar-refractivity contribution in [3.05, 3.63) is 23.8 Å². The van der Waals surface area contributed by atoms with Crippen LogP contribution in [0.5, 0.6) is 5.75 Å². The van der Waals surface area contributed by atoms with E-state index in [4.69, 9.17) is 14.6 Å². The van der Waals surface area contributed by atoms with E-state index in [1.165, 1.54) is 23.5 Å². The lowest BCUT2D eigenvalue weighted by molar-refractivity contribution is 0.0696. The second-order valence-corrected chi connectivity index (χ2v) is 6.45. The molecule has 0 radical (unpaired) electrons. The third kappa shape index (κ3) is 3.34. The van der Waals surface area contributed by atoms with Crippen molar-refractivity contribution < 1.29 is 27.8 Å². The van der Waals surface area contributed by atoms with E-state index in [9.17, 15) is 13.2 Å². The fourth-order valence-corrected chi connectivity index (χ4v) is 3.76. The lowest BCUT2D eigenvalue weighted by atomic mass is 10.2. The Morgan fingerprint density at radius 1 is 1.33 bits per heavy atom. The Balaban J connectivity index is 2.46. The summed E-state index contributed by atoms with van der Waals surface area (Å²) < 4.78 is 37.0. The minimum Gasteiger partial charge on any atom is -0.495 e. The van der Waals surface area contributed by atoms with E-state index in [0.29, 0.717) is 26.2 Å². The van der Waals surface area contributed by atoms with Gasteiger partial charge < -0.3 is 14.6 Å². The number of methoxy groups -OCH3 is 1. The molecule has 1 N–H and O–H groups in total. The Hall–Kier alpha value is -1.64. The molecule has 7 nitrogen and oxygen atoms in total. The van der Waals surface area contributed by atoms with Gasteiger partial charge in [-0.25, -0.2) is 13.2 Å². The molecule has 0 bridgehead atoms. The van der Waals surface area contributed by atoms with Crippen molar-refractivity contribution in [1.82, 2.24) is 4.31 Å². The molecular weight excluding hydrogens is 298 g/mol. The first-order valence-electron chi connectivity index (χ1n) is 6.46. The van der Waals surface area contributed by atoms with Gasteiger partial charge in [0, 0.05) is 19.7 Å². The van der Waals surface area contributed by atoms with E-state index in [0.717, 1.165) is 6.07 Å². The molecule has 1 fully saturated rings. The van der Waals surface area contributed by atoms with Gasteiger partial charge in [-0.2, -0.15) is 4.31 Å². The molecule has 0 unspecified atom stereocenters. The van der Waals surface area contributed by atoms with Gasteiger partial charge in [0.15, 0.2) is 0 Å². The smallest absolute Gasteiger partial charge is 0.335 e. The van der Waals surface area contributed by atoms with Crippen LogP contribution in [0.2, 0.25) is 0 Å². The summed E-state index contributed by atoms with van der Waals surface area (Å²) in [6.07, 6.45) is 0.597. The van der Waals surface area contributed by atoms with Crippen LogP contribution in [0.15, 0.2) is 23.1 Å². The Labute approximate surface area is 123 Å². The van der Waals surface area contributed by atoms with Gasteiger partial charge >= 0.3 is 5.97 Å². The summed E-state index contributed by atoms with van der Waals surface area (Å²) in [6, 6.07) is 3.79. The Morgan fingerprint density at radius 3 is 2.76 bits per heavy atom. The molecule has 21 heavy (non-hydrogen) atoms. The molecule has 0 amide bonds. The number of carbonyl (C=O) groups is 1. The molecule has 1 aromatic rings. The summed E-state index contributed by atoms with van der Waals surface area (Å²) in [5.41, 5.74) is -0.0968. The SMILES string of the molecule is COc1ccc(C(=O)O)cc1S(=O)(=O)N1CCCOCC1. The molecule has 1 aromatic carbocycles. The predicted octanol–water partition coefficient (Wildman–Crippen LogP) is 0.804. The number of carboxylic acids is 1. The zero-order valence-corrected chi connectivity index (χ0v) is 12.4. The molecule has 1 aliphatic heterocycles. The highest BCUT2D eigenvalue weighted by Gasteiger charge is 2.29. The lowest BCUT2D eigenvalue weighted by Gasteiger charge is -2.21. The number of rotatable bonds is 4. The van der Waals surface area contributed by atoms with E-state index in [1.54, 1.807) is 0 Å². The quantitative estimate of drug-likeness (QED) is 0.883. The topological polar surface area (TPSA) is 93.1 Å². The van der Waals surface area contributed by atoms with Gasteiger partial charge in [-0.3, -0.25) is 0 Å². The summed E-state index contributed by atoms with van der Waals surface area (Å²) in [7, 11) is -2.47. The van der Waals surface area contributed by atoms with Gasteiger partial charge in [0.2, 0.25) is 10.0 Å². The molecule has 8 heteroatoms. The maximum atomic E-state index is 12.7. The number of sulfonamides is 1. The second kappa shape index (κ2) is 6.42. The fourth-order valence-electron chi connectivity index (χ4n) is 2.11. The zero-order valence-electron chi connectivity index (χ0n) is 11.6. The highest BCUT2D eigenvalue weighted by molar-refractivity contribution is 7.89. The normalized spacial score (nSPS) is 17.2. The molecule has 0 spiro atoms. The predicted molar refractivity (Wildman–Crippen MR) is 74.1 cm³/mol. The monoisotopic (exact) mass is 315 g/mol. The summed E-state index contributed by atoms with van der Waals surface area (Å²) in [5.74, 6) is -1.06. The molecule has 116 valence electrons. The molecule has 0 saturated carbocycles. The number of benzene rings is 1. The minimum atomic E-state index is -3.82. The Bertz CT molecular complexity index is 620. The van der Waals surface area contributed by atoms with Crippen LogP contribution in [0.1, 0.15) is 16.8 Å². The van der Waals surface area contributed by atoms with Crippen LogP contribution in [0, 0.1) is 0 Å². The summed E-state index contributed by atoms with van der Waals surface area (Å²) in [4.78, 5) is 10.9. The van der Waals surface area contributed by atoms with Gasteiger partial charge in [-0.1, -0.05) is 0 Å². The van der Waals surface area contributed by atoms with Crippen molar-refractivity contribution in [1.29, 1.82) is 0 Å². The number of carboxylic acid groups (broad SMARTS) is 1. The van der Waals surface area contributed by atoms with Crippen LogP contribution in [-0.4, -0.2) is 57.2 Å². The number of hydrogen-bond acceptors (Lipinski definition) is 5. The largest absolute Gasteiger partial charge is 0.495 e. The standard InChI is InChI=1S/C13H17NO6S/c1-19-11-4-3-10(13(15)16)9-12(11)21(17,18)14-5-2-7-20-8-6-14/h3-4,9H,2,5-8H2,1H3,(H,15,16). The van der Waals surface area contributed by atoms with Crippen LogP contribution < -0.4 is 4.74 Å². The van der Waals surface area contributed by atoms with Crippen molar-refractivity contribution >= 4 is 16.0 Å². The van der Waals surface area contributed by atoms with E-state index >= 15 is 0 Å². The van der Waals surface area contributed by atoms with Crippen molar-refractivity contribution in [2.45, 2.75) is 11.3 Å². The van der Waals surface area contributed by atoms with Crippen LogP contribution in [0.4, 0.5) is 0 Å². The van der Waals surface area contributed by atoms with Crippen LogP contribution in [0.3, 0.4) is 0 Å². The van der Waals surface area contributed by atoms with Crippen molar-refractivity contribution in [3.63, 3.8) is 0 Å². The number of nitrogens with zero attached hydrogens (tertiary/aromatic N) is 1. The average molecular weight is 315 g/mol. The number of hydrogen-bond donors (Lipinski definition) is 1. The van der Waals surface area contributed by atoms with Crippen molar-refractivity contribution in [2.24, 2.45) is 0 Å². The second-order valence-electron chi connectivity index (χ2n) is 4.54. The molecule has 0 atom stereocenters. The first-order chi connectivity index (χ1) is 9.96. The van der Waals surface area contributed by atoms with Crippen LogP contribution in [-0.2, 0) is 14.8 Å². The Kier molecular flexibility index (Phi) is 4.81. The van der Waals surface area contributed by atoms with Crippen molar-refractivity contribution in [3.8, 4) is 5.75 Å². The highest BCUT2D eigenvalue weighted by atomic mass is 32.2. The zero-order chi connectivity index (χ0) is 15.5. The van der Waals surface area contributed by atoms with Gasteiger partial charge in [0.1, 0.15) is 10.6 Å². The molecular formula is C13H17NO6S.